The van der Waals surface area contributed by atoms with E-state index in [-0.39, 0.29) is 28.7 Å². The van der Waals surface area contributed by atoms with Crippen LogP contribution in [0.4, 0.5) is 14.5 Å². The molecule has 1 unspecified atom stereocenters. The third-order valence-corrected chi connectivity index (χ3v) is 9.97. The van der Waals surface area contributed by atoms with Gasteiger partial charge in [0.2, 0.25) is 0 Å². The summed E-state index contributed by atoms with van der Waals surface area (Å²) in [4.78, 5) is 19.2. The highest BCUT2D eigenvalue weighted by molar-refractivity contribution is 7.99. The number of piperazine rings is 1. The van der Waals surface area contributed by atoms with E-state index in [1.165, 1.54) is 30.0 Å². The maximum Gasteiger partial charge on any atom is 0.260 e. The minimum Gasteiger partial charge on any atom is -0.494 e. The van der Waals surface area contributed by atoms with Gasteiger partial charge in [-0.2, -0.15) is 0 Å². The standard InChI is InChI=1S/C35H37F2N3O2S/c1-22-16-23(2)18-26(17-22)39-14-12-38(13-15-39)20-27-21-43-35-29(19-25-8-5-6-10-30(25)36)24(3)32(34(41)40(27)35)28-9-7-11-31(42-4)33(28)37/h5-11,16-18,27H,12-15,19-21H2,1-4H3. The molecule has 6 rings (SSSR count). The Balaban J connectivity index is 1.35. The molecule has 0 saturated carbocycles. The second-order valence-electron chi connectivity index (χ2n) is 11.6. The Morgan fingerprint density at radius 2 is 1.65 bits per heavy atom. The van der Waals surface area contributed by atoms with Crippen LogP contribution in [0.25, 0.3) is 11.1 Å². The number of hydrogen-bond acceptors (Lipinski definition) is 5. The number of fused-ring (bicyclic) bond motifs is 1. The topological polar surface area (TPSA) is 37.7 Å². The molecule has 0 N–H and O–H groups in total. The minimum absolute atomic E-state index is 0.0762. The van der Waals surface area contributed by atoms with Crippen molar-refractivity contribution in [2.24, 2.45) is 0 Å². The van der Waals surface area contributed by atoms with Crippen LogP contribution >= 0.6 is 11.8 Å². The first-order valence-electron chi connectivity index (χ1n) is 14.8. The van der Waals surface area contributed by atoms with Crippen LogP contribution in [0, 0.1) is 32.4 Å². The Morgan fingerprint density at radius 3 is 2.35 bits per heavy atom. The Morgan fingerprint density at radius 1 is 0.930 bits per heavy atom. The zero-order valence-corrected chi connectivity index (χ0v) is 25.9. The fourth-order valence-electron chi connectivity index (χ4n) is 6.54. The predicted octanol–water partition coefficient (Wildman–Crippen LogP) is 6.79. The minimum atomic E-state index is -0.563. The average Bonchev–Trinajstić information content (AvgIpc) is 3.40. The zero-order valence-electron chi connectivity index (χ0n) is 25.1. The van der Waals surface area contributed by atoms with Gasteiger partial charge in [0.25, 0.3) is 5.56 Å². The lowest BCUT2D eigenvalue weighted by atomic mass is 9.94. The quantitative estimate of drug-likeness (QED) is 0.233. The van der Waals surface area contributed by atoms with Crippen LogP contribution in [-0.4, -0.2) is 55.1 Å². The van der Waals surface area contributed by atoms with Crippen molar-refractivity contribution >= 4 is 17.4 Å². The van der Waals surface area contributed by atoms with Gasteiger partial charge < -0.3 is 9.64 Å². The van der Waals surface area contributed by atoms with Crippen molar-refractivity contribution in [2.75, 3.05) is 50.5 Å². The summed E-state index contributed by atoms with van der Waals surface area (Å²) in [5, 5.41) is 0.858. The van der Waals surface area contributed by atoms with Crippen LogP contribution in [0.1, 0.15) is 33.9 Å². The van der Waals surface area contributed by atoms with E-state index in [1.54, 1.807) is 42.1 Å². The molecule has 43 heavy (non-hydrogen) atoms. The molecule has 8 heteroatoms. The second kappa shape index (κ2) is 12.2. The molecular weight excluding hydrogens is 564 g/mol. The zero-order chi connectivity index (χ0) is 30.2. The normalized spacial score (nSPS) is 16.9. The van der Waals surface area contributed by atoms with E-state index in [1.807, 2.05) is 17.6 Å². The molecule has 0 spiro atoms. The smallest absolute Gasteiger partial charge is 0.260 e. The van der Waals surface area contributed by atoms with E-state index in [0.29, 0.717) is 23.1 Å². The molecule has 2 aliphatic rings. The third-order valence-electron chi connectivity index (χ3n) is 8.71. The van der Waals surface area contributed by atoms with Crippen LogP contribution in [0.3, 0.4) is 0 Å². The highest BCUT2D eigenvalue weighted by Crippen LogP contribution is 2.41. The molecule has 0 bridgehead atoms. The highest BCUT2D eigenvalue weighted by atomic mass is 32.2. The van der Waals surface area contributed by atoms with E-state index in [2.05, 4.69) is 41.8 Å². The first-order valence-corrected chi connectivity index (χ1v) is 15.8. The number of benzene rings is 3. The van der Waals surface area contributed by atoms with Crippen molar-refractivity contribution < 1.29 is 13.5 Å². The molecule has 1 saturated heterocycles. The first-order chi connectivity index (χ1) is 20.7. The van der Waals surface area contributed by atoms with Crippen LogP contribution in [0.2, 0.25) is 0 Å². The van der Waals surface area contributed by atoms with Gasteiger partial charge in [0.15, 0.2) is 11.6 Å². The number of rotatable bonds is 7. The molecule has 0 radical (unpaired) electrons. The van der Waals surface area contributed by atoms with Crippen molar-refractivity contribution in [3.8, 4) is 16.9 Å². The highest BCUT2D eigenvalue weighted by Gasteiger charge is 2.33. The third kappa shape index (κ3) is 5.70. The van der Waals surface area contributed by atoms with E-state index in [9.17, 15) is 9.18 Å². The number of nitrogens with zero attached hydrogens (tertiary/aromatic N) is 3. The summed E-state index contributed by atoms with van der Waals surface area (Å²) >= 11 is 1.65. The average molecular weight is 602 g/mol. The Labute approximate surface area is 256 Å². The lowest BCUT2D eigenvalue weighted by Crippen LogP contribution is -2.48. The Kier molecular flexibility index (Phi) is 8.34. The van der Waals surface area contributed by atoms with Crippen LogP contribution in [0.15, 0.2) is 70.5 Å². The molecule has 1 fully saturated rings. The van der Waals surface area contributed by atoms with Gasteiger partial charge in [0.05, 0.1) is 23.7 Å². The molecule has 1 atom stereocenters. The van der Waals surface area contributed by atoms with Gasteiger partial charge in [-0.15, -0.1) is 11.8 Å². The summed E-state index contributed by atoms with van der Waals surface area (Å²) in [6.07, 6.45) is 0.320. The summed E-state index contributed by atoms with van der Waals surface area (Å²) in [7, 11) is 1.42. The van der Waals surface area contributed by atoms with Crippen LogP contribution in [0.5, 0.6) is 5.75 Å². The summed E-state index contributed by atoms with van der Waals surface area (Å²) in [5.41, 5.74) is 6.21. The van der Waals surface area contributed by atoms with E-state index in [4.69, 9.17) is 4.74 Å². The van der Waals surface area contributed by atoms with Crippen molar-refractivity contribution in [2.45, 2.75) is 38.3 Å². The van der Waals surface area contributed by atoms with E-state index < -0.39 is 5.82 Å². The van der Waals surface area contributed by atoms with Crippen LogP contribution < -0.4 is 15.2 Å². The molecule has 3 heterocycles. The second-order valence-corrected chi connectivity index (χ2v) is 12.7. The molecule has 2 aliphatic heterocycles. The van der Waals surface area contributed by atoms with Gasteiger partial charge in [0, 0.05) is 56.1 Å². The van der Waals surface area contributed by atoms with Crippen molar-refractivity contribution in [1.82, 2.24) is 9.47 Å². The van der Waals surface area contributed by atoms with Gasteiger partial charge in [-0.25, -0.2) is 8.78 Å². The molecule has 4 aromatic rings. The van der Waals surface area contributed by atoms with Gasteiger partial charge in [-0.1, -0.05) is 36.4 Å². The molecule has 0 aliphatic carbocycles. The molecular formula is C35H37F2N3O2S. The summed E-state index contributed by atoms with van der Waals surface area (Å²) in [6.45, 7) is 10.5. The Bertz CT molecular complexity index is 1710. The molecule has 3 aromatic carbocycles. The number of aryl methyl sites for hydroxylation is 2. The maximum absolute atomic E-state index is 15.6. The molecule has 1 aromatic heterocycles. The lowest BCUT2D eigenvalue weighted by molar-refractivity contribution is 0.224. The lowest BCUT2D eigenvalue weighted by Gasteiger charge is -2.37. The number of pyridine rings is 1. The predicted molar refractivity (Wildman–Crippen MR) is 171 cm³/mol. The number of thioether (sulfide) groups is 1. The molecule has 0 amide bonds. The summed E-state index contributed by atoms with van der Waals surface area (Å²) < 4.78 is 37.6. The Hall–Kier alpha value is -3.62. The van der Waals surface area contributed by atoms with Gasteiger partial charge >= 0.3 is 0 Å². The molecule has 224 valence electrons. The van der Waals surface area contributed by atoms with Crippen molar-refractivity contribution in [1.29, 1.82) is 0 Å². The van der Waals surface area contributed by atoms with Crippen LogP contribution in [-0.2, 0) is 6.42 Å². The maximum atomic E-state index is 15.6. The molecule has 5 nitrogen and oxygen atoms in total. The summed E-state index contributed by atoms with van der Waals surface area (Å²) in [6, 6.07) is 18.2. The van der Waals surface area contributed by atoms with Crippen molar-refractivity contribution in [3.63, 3.8) is 0 Å². The monoisotopic (exact) mass is 601 g/mol. The summed E-state index contributed by atoms with van der Waals surface area (Å²) in [5.74, 6) is -0.0279. The number of halogens is 2. The fourth-order valence-corrected chi connectivity index (χ4v) is 7.92. The largest absolute Gasteiger partial charge is 0.494 e. The number of hydrogen-bond donors (Lipinski definition) is 0. The van der Waals surface area contributed by atoms with E-state index >= 15 is 4.39 Å². The number of aromatic nitrogens is 1. The fraction of sp³-hybridized carbons (Fsp3) is 0.343. The van der Waals surface area contributed by atoms with Gasteiger partial charge in [0.1, 0.15) is 5.82 Å². The SMILES string of the molecule is COc1cccc(-c2c(C)c(Cc3ccccc3F)c3n(c2=O)C(CN2CCN(c4cc(C)cc(C)c4)CC2)CS3)c1F. The van der Waals surface area contributed by atoms with Gasteiger partial charge in [-0.3, -0.25) is 14.3 Å². The number of anilines is 1. The number of methoxy groups -OCH3 is 1. The number of ether oxygens (including phenoxy) is 1. The van der Waals surface area contributed by atoms with Gasteiger partial charge in [-0.05, 0) is 72.9 Å². The van der Waals surface area contributed by atoms with Crippen molar-refractivity contribution in [3.05, 3.63) is 110 Å². The van der Waals surface area contributed by atoms with E-state index in [0.717, 1.165) is 49.1 Å². The first kappa shape index (κ1) is 29.5.